The second-order valence-corrected chi connectivity index (χ2v) is 5.75. The van der Waals surface area contributed by atoms with E-state index in [9.17, 15) is 0 Å². The van der Waals surface area contributed by atoms with Gasteiger partial charge in [0.1, 0.15) is 0 Å². The quantitative estimate of drug-likeness (QED) is 0.900. The fourth-order valence-electron chi connectivity index (χ4n) is 3.02. The molecule has 2 aromatic rings. The van der Waals surface area contributed by atoms with Crippen molar-refractivity contribution in [3.05, 3.63) is 30.0 Å². The van der Waals surface area contributed by atoms with Crippen LogP contribution in [0.15, 0.2) is 24.3 Å². The first kappa shape index (κ1) is 13.3. The van der Waals surface area contributed by atoms with Gasteiger partial charge in [0.05, 0.1) is 11.2 Å². The smallest absolute Gasteiger partial charge is 0.223 e. The number of para-hydroxylation sites is 1. The predicted octanol–water partition coefficient (Wildman–Crippen LogP) is 2.87. The van der Waals surface area contributed by atoms with Crippen LogP contribution in [0.25, 0.3) is 10.9 Å². The molecule has 1 saturated carbocycles. The fraction of sp³-hybridized carbons (Fsp3) is 0.500. The summed E-state index contributed by atoms with van der Waals surface area (Å²) in [5.41, 5.74) is 7.79. The van der Waals surface area contributed by atoms with Crippen LogP contribution in [0.3, 0.4) is 0 Å². The molecule has 1 aliphatic rings. The van der Waals surface area contributed by atoms with Crippen molar-refractivity contribution in [2.45, 2.75) is 38.6 Å². The molecule has 0 atom stereocenters. The number of nitrogens with two attached hydrogens (primary N) is 1. The fourth-order valence-corrected chi connectivity index (χ4v) is 3.02. The molecule has 0 bridgehead atoms. The van der Waals surface area contributed by atoms with Crippen LogP contribution in [0.4, 0.5) is 5.95 Å². The van der Waals surface area contributed by atoms with E-state index in [0.717, 1.165) is 41.9 Å². The molecule has 1 heterocycles. The number of hydrogen-bond acceptors (Lipinski definition) is 4. The van der Waals surface area contributed by atoms with Crippen LogP contribution in [-0.4, -0.2) is 22.6 Å². The Morgan fingerprint density at radius 2 is 1.90 bits per heavy atom. The van der Waals surface area contributed by atoms with Crippen molar-refractivity contribution in [2.24, 2.45) is 11.7 Å². The van der Waals surface area contributed by atoms with Crippen LogP contribution in [0.2, 0.25) is 0 Å². The van der Waals surface area contributed by atoms with Crippen LogP contribution in [0, 0.1) is 12.8 Å². The number of benzene rings is 1. The molecule has 1 aliphatic carbocycles. The number of aromatic nitrogens is 2. The van der Waals surface area contributed by atoms with Gasteiger partial charge in [0.2, 0.25) is 5.95 Å². The van der Waals surface area contributed by atoms with Gasteiger partial charge in [0, 0.05) is 11.4 Å². The third-order valence-electron chi connectivity index (χ3n) is 4.31. The Hall–Kier alpha value is -1.68. The molecule has 106 valence electrons. The molecule has 0 saturated heterocycles. The molecule has 3 N–H and O–H groups in total. The second kappa shape index (κ2) is 5.75. The van der Waals surface area contributed by atoms with Gasteiger partial charge in [0.15, 0.2) is 0 Å². The van der Waals surface area contributed by atoms with E-state index in [4.69, 9.17) is 5.73 Å². The average Bonchev–Trinajstić information content (AvgIpc) is 2.48. The zero-order chi connectivity index (χ0) is 13.9. The van der Waals surface area contributed by atoms with E-state index in [1.807, 2.05) is 25.1 Å². The van der Waals surface area contributed by atoms with Crippen LogP contribution in [0.5, 0.6) is 0 Å². The topological polar surface area (TPSA) is 63.8 Å². The first-order chi connectivity index (χ1) is 9.76. The highest BCUT2D eigenvalue weighted by Gasteiger charge is 2.20. The summed E-state index contributed by atoms with van der Waals surface area (Å²) in [5, 5.41) is 4.62. The van der Waals surface area contributed by atoms with Crippen molar-refractivity contribution >= 4 is 16.9 Å². The normalized spacial score (nSPS) is 22.9. The highest BCUT2D eigenvalue weighted by molar-refractivity contribution is 5.81. The maximum atomic E-state index is 5.74. The van der Waals surface area contributed by atoms with E-state index < -0.39 is 0 Å². The van der Waals surface area contributed by atoms with Gasteiger partial charge < -0.3 is 11.1 Å². The minimum absolute atomic E-state index is 0.485. The van der Waals surface area contributed by atoms with Gasteiger partial charge in [-0.1, -0.05) is 18.2 Å². The average molecular weight is 270 g/mol. The van der Waals surface area contributed by atoms with Gasteiger partial charge in [-0.2, -0.15) is 0 Å². The molecule has 1 aromatic heterocycles. The zero-order valence-electron chi connectivity index (χ0n) is 12.0. The molecule has 0 unspecified atom stereocenters. The van der Waals surface area contributed by atoms with Crippen molar-refractivity contribution in [2.75, 3.05) is 11.9 Å². The summed E-state index contributed by atoms with van der Waals surface area (Å²) in [7, 11) is 0. The van der Waals surface area contributed by atoms with Crippen LogP contribution in [0.1, 0.15) is 31.4 Å². The molecule has 1 fully saturated rings. The Morgan fingerprint density at radius 3 is 2.65 bits per heavy atom. The zero-order valence-corrected chi connectivity index (χ0v) is 12.0. The van der Waals surface area contributed by atoms with Crippen molar-refractivity contribution in [1.82, 2.24) is 9.97 Å². The van der Waals surface area contributed by atoms with E-state index in [1.54, 1.807) is 0 Å². The number of nitrogens with one attached hydrogen (secondary N) is 1. The molecule has 20 heavy (non-hydrogen) atoms. The van der Waals surface area contributed by atoms with Gasteiger partial charge in [0.25, 0.3) is 0 Å². The largest absolute Gasteiger partial charge is 0.351 e. The first-order valence-corrected chi connectivity index (χ1v) is 7.46. The lowest BCUT2D eigenvalue weighted by molar-refractivity contribution is 0.344. The Labute approximate surface area is 119 Å². The number of aryl methyl sites for hydroxylation is 1. The van der Waals surface area contributed by atoms with Crippen molar-refractivity contribution < 1.29 is 0 Å². The number of hydrogen-bond donors (Lipinski definition) is 2. The first-order valence-electron chi connectivity index (χ1n) is 7.46. The van der Waals surface area contributed by atoms with Gasteiger partial charge >= 0.3 is 0 Å². The minimum atomic E-state index is 0.485. The minimum Gasteiger partial charge on any atom is -0.351 e. The SMILES string of the molecule is Cc1nc(NC2CCC(CN)CC2)nc2ccccc12. The Morgan fingerprint density at radius 1 is 1.15 bits per heavy atom. The Balaban J connectivity index is 1.75. The summed E-state index contributed by atoms with van der Waals surface area (Å²) in [6, 6.07) is 8.64. The van der Waals surface area contributed by atoms with Crippen molar-refractivity contribution in [1.29, 1.82) is 0 Å². The summed E-state index contributed by atoms with van der Waals surface area (Å²) in [6.07, 6.45) is 4.75. The third kappa shape index (κ3) is 2.75. The van der Waals surface area contributed by atoms with Crippen LogP contribution < -0.4 is 11.1 Å². The highest BCUT2D eigenvalue weighted by Crippen LogP contribution is 2.25. The summed E-state index contributed by atoms with van der Waals surface area (Å²) < 4.78 is 0. The lowest BCUT2D eigenvalue weighted by Crippen LogP contribution is -2.29. The van der Waals surface area contributed by atoms with E-state index in [2.05, 4.69) is 21.4 Å². The molecular weight excluding hydrogens is 248 g/mol. The Bertz CT molecular complexity index is 588. The maximum Gasteiger partial charge on any atom is 0.223 e. The molecule has 0 spiro atoms. The Kier molecular flexibility index (Phi) is 3.83. The van der Waals surface area contributed by atoms with E-state index >= 15 is 0 Å². The molecule has 3 rings (SSSR count). The molecule has 4 nitrogen and oxygen atoms in total. The lowest BCUT2D eigenvalue weighted by atomic mass is 9.86. The molecule has 0 radical (unpaired) electrons. The monoisotopic (exact) mass is 270 g/mol. The number of rotatable bonds is 3. The second-order valence-electron chi connectivity index (χ2n) is 5.75. The lowest BCUT2D eigenvalue weighted by Gasteiger charge is -2.28. The number of fused-ring (bicyclic) bond motifs is 1. The summed E-state index contributed by atoms with van der Waals surface area (Å²) in [5.74, 6) is 1.46. The van der Waals surface area contributed by atoms with Crippen LogP contribution in [-0.2, 0) is 0 Å². The van der Waals surface area contributed by atoms with Crippen molar-refractivity contribution in [3.63, 3.8) is 0 Å². The van der Waals surface area contributed by atoms with Gasteiger partial charge in [-0.05, 0) is 51.1 Å². The van der Waals surface area contributed by atoms with E-state index in [1.165, 1.54) is 12.8 Å². The van der Waals surface area contributed by atoms with E-state index in [0.29, 0.717) is 12.0 Å². The van der Waals surface area contributed by atoms with Crippen molar-refractivity contribution in [3.8, 4) is 0 Å². The van der Waals surface area contributed by atoms with Gasteiger partial charge in [-0.3, -0.25) is 0 Å². The molecule has 4 heteroatoms. The van der Waals surface area contributed by atoms with Gasteiger partial charge in [-0.15, -0.1) is 0 Å². The van der Waals surface area contributed by atoms with E-state index in [-0.39, 0.29) is 0 Å². The summed E-state index contributed by atoms with van der Waals surface area (Å²) in [4.78, 5) is 9.21. The van der Waals surface area contributed by atoms with Crippen LogP contribution >= 0.6 is 0 Å². The third-order valence-corrected chi connectivity index (χ3v) is 4.31. The molecule has 1 aromatic carbocycles. The molecular formula is C16H22N4. The standard InChI is InChI=1S/C16H22N4/c1-11-14-4-2-3-5-15(14)20-16(18-11)19-13-8-6-12(10-17)7-9-13/h2-5,12-13H,6-10,17H2,1H3,(H,18,19,20). The summed E-state index contributed by atoms with van der Waals surface area (Å²) in [6.45, 7) is 2.86. The molecule has 0 amide bonds. The number of nitrogens with zero attached hydrogens (tertiary/aromatic N) is 2. The maximum absolute atomic E-state index is 5.74. The molecule has 0 aliphatic heterocycles. The van der Waals surface area contributed by atoms with Gasteiger partial charge in [-0.25, -0.2) is 9.97 Å². The highest BCUT2D eigenvalue weighted by atomic mass is 15.1. The number of anilines is 1. The predicted molar refractivity (Wildman–Crippen MR) is 82.7 cm³/mol. The summed E-state index contributed by atoms with van der Waals surface area (Å²) >= 11 is 0.